The molecule has 0 radical (unpaired) electrons. The summed E-state index contributed by atoms with van der Waals surface area (Å²) >= 11 is 0. The molecule has 136 valence electrons. The summed E-state index contributed by atoms with van der Waals surface area (Å²) < 4.78 is 5.35. The second-order valence-corrected chi connectivity index (χ2v) is 6.76. The van der Waals surface area contributed by atoms with Gasteiger partial charge in [0.25, 0.3) is 0 Å². The maximum Gasteiger partial charge on any atom is 0.338 e. The number of rotatable bonds is 13. The van der Waals surface area contributed by atoms with Crippen LogP contribution in [-0.4, -0.2) is 26.7 Å². The third-order valence-electron chi connectivity index (χ3n) is 4.35. The van der Waals surface area contributed by atoms with Crippen molar-refractivity contribution in [2.75, 3.05) is 25.6 Å². The molecule has 0 aromatic heterocycles. The van der Waals surface area contributed by atoms with E-state index in [-0.39, 0.29) is 5.97 Å². The quantitative estimate of drug-likeness (QED) is 0.336. The molecule has 0 fully saturated rings. The van der Waals surface area contributed by atoms with Gasteiger partial charge in [0.15, 0.2) is 0 Å². The van der Waals surface area contributed by atoms with Gasteiger partial charge in [-0.2, -0.15) is 0 Å². The molecule has 0 saturated heterocycles. The highest BCUT2D eigenvalue weighted by Crippen LogP contribution is 2.14. The van der Waals surface area contributed by atoms with Crippen LogP contribution in [0.25, 0.3) is 0 Å². The summed E-state index contributed by atoms with van der Waals surface area (Å²) in [6.07, 6.45) is 12.9. The van der Waals surface area contributed by atoms with Crippen LogP contribution in [0.1, 0.15) is 81.5 Å². The van der Waals surface area contributed by atoms with E-state index in [2.05, 4.69) is 6.92 Å². The molecule has 0 aliphatic carbocycles. The molecular formula is C21H35NO2. The molecule has 1 aromatic carbocycles. The molecule has 0 N–H and O–H groups in total. The molecule has 3 nitrogen and oxygen atoms in total. The molecule has 3 heteroatoms. The summed E-state index contributed by atoms with van der Waals surface area (Å²) in [6, 6.07) is 7.54. The zero-order chi connectivity index (χ0) is 17.6. The van der Waals surface area contributed by atoms with Gasteiger partial charge in [0.2, 0.25) is 0 Å². The van der Waals surface area contributed by atoms with Gasteiger partial charge in [-0.25, -0.2) is 4.79 Å². The molecule has 0 saturated carbocycles. The molecule has 0 spiro atoms. The number of carbonyl (C=O) groups is 1. The number of esters is 1. The van der Waals surface area contributed by atoms with E-state index in [1.807, 2.05) is 43.3 Å². The normalized spacial score (nSPS) is 10.6. The predicted octanol–water partition coefficient (Wildman–Crippen LogP) is 5.83. The van der Waals surface area contributed by atoms with E-state index in [0.717, 1.165) is 18.5 Å². The van der Waals surface area contributed by atoms with Crippen LogP contribution >= 0.6 is 0 Å². The van der Waals surface area contributed by atoms with Crippen LogP contribution < -0.4 is 4.90 Å². The van der Waals surface area contributed by atoms with Gasteiger partial charge < -0.3 is 9.64 Å². The second-order valence-electron chi connectivity index (χ2n) is 6.76. The summed E-state index contributed by atoms with van der Waals surface area (Å²) in [6.45, 7) is 2.79. The Balaban J connectivity index is 2.01. The molecule has 0 unspecified atom stereocenters. The van der Waals surface area contributed by atoms with E-state index in [4.69, 9.17) is 4.74 Å². The van der Waals surface area contributed by atoms with Crippen LogP contribution in [0, 0.1) is 0 Å². The van der Waals surface area contributed by atoms with Gasteiger partial charge in [-0.05, 0) is 30.7 Å². The van der Waals surface area contributed by atoms with Crippen LogP contribution in [0.4, 0.5) is 5.69 Å². The molecule has 0 aliphatic heterocycles. The third kappa shape index (κ3) is 8.95. The van der Waals surface area contributed by atoms with Crippen molar-refractivity contribution in [2.24, 2.45) is 0 Å². The zero-order valence-corrected chi connectivity index (χ0v) is 15.9. The Morgan fingerprint density at radius 1 is 0.833 bits per heavy atom. The Morgan fingerprint density at radius 2 is 1.33 bits per heavy atom. The largest absolute Gasteiger partial charge is 0.462 e. The monoisotopic (exact) mass is 333 g/mol. The minimum Gasteiger partial charge on any atom is -0.462 e. The standard InChI is InChI=1S/C21H35NO2/c1-4-5-6-7-8-9-10-11-12-13-18-24-21(23)19-14-16-20(17-15-19)22(2)3/h14-17H,4-13,18H2,1-3H3. The Bertz CT molecular complexity index is 440. The van der Waals surface area contributed by atoms with Crippen LogP contribution in [0.15, 0.2) is 24.3 Å². The van der Waals surface area contributed by atoms with Gasteiger partial charge in [0.05, 0.1) is 12.2 Å². The van der Waals surface area contributed by atoms with Crippen molar-refractivity contribution in [2.45, 2.75) is 71.1 Å². The molecule has 0 atom stereocenters. The first-order chi connectivity index (χ1) is 11.6. The lowest BCUT2D eigenvalue weighted by atomic mass is 10.1. The van der Waals surface area contributed by atoms with Crippen LogP contribution in [0.2, 0.25) is 0 Å². The highest BCUT2D eigenvalue weighted by Gasteiger charge is 2.07. The summed E-state index contributed by atoms with van der Waals surface area (Å²) in [5, 5.41) is 0. The maximum atomic E-state index is 12.0. The van der Waals surface area contributed by atoms with E-state index < -0.39 is 0 Å². The average Bonchev–Trinajstić information content (AvgIpc) is 2.59. The number of unbranched alkanes of at least 4 members (excludes halogenated alkanes) is 9. The lowest BCUT2D eigenvalue weighted by Gasteiger charge is -2.12. The summed E-state index contributed by atoms with van der Waals surface area (Å²) in [4.78, 5) is 14.0. The molecule has 0 bridgehead atoms. The Morgan fingerprint density at radius 3 is 1.83 bits per heavy atom. The molecule has 0 heterocycles. The lowest BCUT2D eigenvalue weighted by molar-refractivity contribution is 0.0497. The summed E-state index contributed by atoms with van der Waals surface area (Å²) in [5.74, 6) is -0.212. The first kappa shape index (κ1) is 20.5. The van der Waals surface area contributed by atoms with Crippen molar-refractivity contribution >= 4 is 11.7 Å². The summed E-state index contributed by atoms with van der Waals surface area (Å²) in [7, 11) is 3.97. The lowest BCUT2D eigenvalue weighted by Crippen LogP contribution is -2.10. The Labute approximate surface area is 148 Å². The van der Waals surface area contributed by atoms with Crippen molar-refractivity contribution in [1.29, 1.82) is 0 Å². The SMILES string of the molecule is CCCCCCCCCCCCOC(=O)c1ccc(N(C)C)cc1. The first-order valence-corrected chi connectivity index (χ1v) is 9.59. The van der Waals surface area contributed by atoms with E-state index in [1.165, 1.54) is 51.4 Å². The zero-order valence-electron chi connectivity index (χ0n) is 15.9. The van der Waals surface area contributed by atoms with Crippen molar-refractivity contribution in [3.8, 4) is 0 Å². The minimum absolute atomic E-state index is 0.212. The van der Waals surface area contributed by atoms with Gasteiger partial charge in [-0.3, -0.25) is 0 Å². The number of ether oxygens (including phenoxy) is 1. The smallest absolute Gasteiger partial charge is 0.338 e. The fourth-order valence-corrected chi connectivity index (χ4v) is 2.73. The molecule has 24 heavy (non-hydrogen) atoms. The molecule has 1 rings (SSSR count). The van der Waals surface area contributed by atoms with Crippen molar-refractivity contribution in [1.82, 2.24) is 0 Å². The van der Waals surface area contributed by atoms with Gasteiger partial charge >= 0.3 is 5.97 Å². The number of hydrogen-bond donors (Lipinski definition) is 0. The van der Waals surface area contributed by atoms with Gasteiger partial charge in [0.1, 0.15) is 0 Å². The topological polar surface area (TPSA) is 29.5 Å². The van der Waals surface area contributed by atoms with E-state index >= 15 is 0 Å². The molecular weight excluding hydrogens is 298 g/mol. The molecule has 1 aromatic rings. The fraction of sp³-hybridized carbons (Fsp3) is 0.667. The fourth-order valence-electron chi connectivity index (χ4n) is 2.73. The maximum absolute atomic E-state index is 12.0. The van der Waals surface area contributed by atoms with Crippen molar-refractivity contribution in [3.05, 3.63) is 29.8 Å². The number of carbonyl (C=O) groups excluding carboxylic acids is 1. The molecule has 0 amide bonds. The third-order valence-corrected chi connectivity index (χ3v) is 4.35. The number of anilines is 1. The predicted molar refractivity (Wildman–Crippen MR) is 103 cm³/mol. The molecule has 0 aliphatic rings. The Hall–Kier alpha value is -1.51. The van der Waals surface area contributed by atoms with Crippen molar-refractivity contribution < 1.29 is 9.53 Å². The van der Waals surface area contributed by atoms with Gasteiger partial charge in [-0.15, -0.1) is 0 Å². The number of hydrogen-bond acceptors (Lipinski definition) is 3. The van der Waals surface area contributed by atoms with E-state index in [0.29, 0.717) is 12.2 Å². The Kier molecular flexibility index (Phi) is 11.0. The first-order valence-electron chi connectivity index (χ1n) is 9.59. The van der Waals surface area contributed by atoms with Crippen LogP contribution in [-0.2, 0) is 4.74 Å². The van der Waals surface area contributed by atoms with Crippen molar-refractivity contribution in [3.63, 3.8) is 0 Å². The van der Waals surface area contributed by atoms with E-state index in [9.17, 15) is 4.79 Å². The highest BCUT2D eigenvalue weighted by molar-refractivity contribution is 5.89. The van der Waals surface area contributed by atoms with E-state index in [1.54, 1.807) is 0 Å². The van der Waals surface area contributed by atoms with Crippen LogP contribution in [0.3, 0.4) is 0 Å². The number of nitrogens with zero attached hydrogens (tertiary/aromatic N) is 1. The summed E-state index contributed by atoms with van der Waals surface area (Å²) in [5.41, 5.74) is 1.72. The highest BCUT2D eigenvalue weighted by atomic mass is 16.5. The van der Waals surface area contributed by atoms with Gasteiger partial charge in [0, 0.05) is 19.8 Å². The second kappa shape index (κ2) is 12.9. The number of benzene rings is 1. The average molecular weight is 334 g/mol. The minimum atomic E-state index is -0.212. The van der Waals surface area contributed by atoms with Gasteiger partial charge in [-0.1, -0.05) is 64.7 Å². The van der Waals surface area contributed by atoms with Crippen LogP contribution in [0.5, 0.6) is 0 Å².